The third kappa shape index (κ3) is 5.43. The van der Waals surface area contributed by atoms with Crippen LogP contribution in [0.25, 0.3) is 0 Å². The monoisotopic (exact) mass is 432 g/mol. The van der Waals surface area contributed by atoms with Crippen LogP contribution in [0.5, 0.6) is 0 Å². The molecule has 0 bridgehead atoms. The van der Waals surface area contributed by atoms with E-state index in [0.717, 1.165) is 55.7 Å². The Kier molecular flexibility index (Phi) is 7.32. The van der Waals surface area contributed by atoms with E-state index in [9.17, 15) is 4.79 Å². The van der Waals surface area contributed by atoms with Crippen molar-refractivity contribution in [1.82, 2.24) is 19.7 Å². The third-order valence-corrected chi connectivity index (χ3v) is 6.37. The smallest absolute Gasteiger partial charge is 0.257 e. The molecule has 32 heavy (non-hydrogen) atoms. The molecule has 0 saturated carbocycles. The van der Waals surface area contributed by atoms with Crippen molar-refractivity contribution in [3.63, 3.8) is 0 Å². The van der Waals surface area contributed by atoms with Crippen molar-refractivity contribution in [2.45, 2.75) is 52.9 Å². The van der Waals surface area contributed by atoms with Crippen LogP contribution in [0.4, 0.5) is 0 Å². The van der Waals surface area contributed by atoms with Gasteiger partial charge in [0.05, 0.1) is 25.0 Å². The van der Waals surface area contributed by atoms with Crippen molar-refractivity contribution >= 4 is 5.91 Å². The lowest BCUT2D eigenvalue weighted by molar-refractivity contribution is 0.0689. The van der Waals surface area contributed by atoms with Crippen molar-refractivity contribution in [1.29, 1.82) is 0 Å². The van der Waals surface area contributed by atoms with Gasteiger partial charge in [0.2, 0.25) is 0 Å². The SMILES string of the molecule is CCn1ncc(C(=O)N2CCC(Cc3ccc(COCc4ccncc4)cc3)CC2)c1C. The summed E-state index contributed by atoms with van der Waals surface area (Å²) in [5, 5.41) is 4.32. The van der Waals surface area contributed by atoms with E-state index in [4.69, 9.17) is 4.74 Å². The third-order valence-electron chi connectivity index (χ3n) is 6.37. The van der Waals surface area contributed by atoms with Crippen LogP contribution >= 0.6 is 0 Å². The molecule has 1 aliphatic heterocycles. The second kappa shape index (κ2) is 10.6. The molecule has 1 aliphatic rings. The molecule has 3 aromatic rings. The Morgan fingerprint density at radius 1 is 1.00 bits per heavy atom. The van der Waals surface area contributed by atoms with E-state index < -0.39 is 0 Å². The number of rotatable bonds is 8. The number of benzene rings is 1. The van der Waals surface area contributed by atoms with E-state index in [2.05, 4.69) is 34.3 Å². The average molecular weight is 433 g/mol. The van der Waals surface area contributed by atoms with Crippen molar-refractivity contribution in [2.75, 3.05) is 13.1 Å². The van der Waals surface area contributed by atoms with E-state index in [1.54, 1.807) is 18.6 Å². The Morgan fingerprint density at radius 3 is 2.25 bits per heavy atom. The number of aryl methyl sites for hydroxylation is 1. The second-order valence-electron chi connectivity index (χ2n) is 8.56. The van der Waals surface area contributed by atoms with Gasteiger partial charge in [-0.3, -0.25) is 14.5 Å². The number of nitrogens with zero attached hydrogens (tertiary/aromatic N) is 4. The molecular formula is C26H32N4O2. The number of hydrogen-bond acceptors (Lipinski definition) is 4. The Labute approximate surface area is 190 Å². The van der Waals surface area contributed by atoms with E-state index in [0.29, 0.717) is 19.1 Å². The maximum Gasteiger partial charge on any atom is 0.257 e. The van der Waals surface area contributed by atoms with E-state index in [1.165, 1.54) is 11.1 Å². The highest BCUT2D eigenvalue weighted by atomic mass is 16.5. The lowest BCUT2D eigenvalue weighted by Crippen LogP contribution is -2.39. The maximum atomic E-state index is 12.9. The van der Waals surface area contributed by atoms with Crippen LogP contribution in [0.3, 0.4) is 0 Å². The van der Waals surface area contributed by atoms with Crippen molar-refractivity contribution < 1.29 is 9.53 Å². The van der Waals surface area contributed by atoms with E-state index >= 15 is 0 Å². The Bertz CT molecular complexity index is 1010. The molecule has 0 radical (unpaired) electrons. The molecule has 1 aromatic carbocycles. The van der Waals surface area contributed by atoms with Crippen molar-refractivity contribution in [2.24, 2.45) is 5.92 Å². The van der Waals surface area contributed by atoms with Crippen LogP contribution in [0, 0.1) is 12.8 Å². The van der Waals surface area contributed by atoms with Crippen molar-refractivity contribution in [3.05, 3.63) is 82.9 Å². The lowest BCUT2D eigenvalue weighted by Gasteiger charge is -2.32. The molecule has 0 spiro atoms. The van der Waals surface area contributed by atoms with Gasteiger partial charge in [0, 0.05) is 37.7 Å². The number of carbonyl (C=O) groups excluding carboxylic acids is 1. The largest absolute Gasteiger partial charge is 0.372 e. The molecule has 1 amide bonds. The summed E-state index contributed by atoms with van der Waals surface area (Å²) < 4.78 is 7.69. The summed E-state index contributed by atoms with van der Waals surface area (Å²) in [6, 6.07) is 12.7. The topological polar surface area (TPSA) is 60.2 Å². The van der Waals surface area contributed by atoms with Crippen LogP contribution in [0.1, 0.15) is 52.5 Å². The molecule has 3 heterocycles. The minimum Gasteiger partial charge on any atom is -0.372 e. The Morgan fingerprint density at radius 2 is 1.62 bits per heavy atom. The molecule has 6 nitrogen and oxygen atoms in total. The fourth-order valence-corrected chi connectivity index (χ4v) is 4.36. The zero-order chi connectivity index (χ0) is 22.3. The second-order valence-corrected chi connectivity index (χ2v) is 8.56. The Hall–Kier alpha value is -2.99. The molecule has 0 atom stereocenters. The normalized spacial score (nSPS) is 14.6. The fourth-order valence-electron chi connectivity index (χ4n) is 4.36. The zero-order valence-electron chi connectivity index (χ0n) is 19.0. The molecule has 6 heteroatoms. The fraction of sp³-hybridized carbons (Fsp3) is 0.423. The molecule has 0 aliphatic carbocycles. The summed E-state index contributed by atoms with van der Waals surface area (Å²) in [5.74, 6) is 0.740. The summed E-state index contributed by atoms with van der Waals surface area (Å²) in [6.07, 6.45) is 8.44. The number of amides is 1. The van der Waals surface area contributed by atoms with Crippen LogP contribution in [-0.2, 0) is 30.9 Å². The highest BCUT2D eigenvalue weighted by Gasteiger charge is 2.26. The number of pyridine rings is 1. The molecule has 168 valence electrons. The number of aromatic nitrogens is 3. The van der Waals surface area contributed by atoms with Crippen molar-refractivity contribution in [3.8, 4) is 0 Å². The van der Waals surface area contributed by atoms with Gasteiger partial charge < -0.3 is 9.64 Å². The van der Waals surface area contributed by atoms with Gasteiger partial charge in [-0.05, 0) is 67.9 Å². The predicted molar refractivity (Wildman–Crippen MR) is 124 cm³/mol. The number of likely N-dealkylation sites (tertiary alicyclic amines) is 1. The van der Waals surface area contributed by atoms with Gasteiger partial charge in [-0.2, -0.15) is 5.10 Å². The number of carbonyl (C=O) groups is 1. The van der Waals surface area contributed by atoms with Crippen LogP contribution in [0.15, 0.2) is 55.0 Å². The summed E-state index contributed by atoms with van der Waals surface area (Å²) in [7, 11) is 0. The van der Waals surface area contributed by atoms with Gasteiger partial charge in [-0.1, -0.05) is 24.3 Å². The molecule has 0 unspecified atom stereocenters. The zero-order valence-corrected chi connectivity index (χ0v) is 19.0. The van der Waals surface area contributed by atoms with E-state index in [-0.39, 0.29) is 5.91 Å². The first-order valence-electron chi connectivity index (χ1n) is 11.5. The molecular weight excluding hydrogens is 400 g/mol. The highest BCUT2D eigenvalue weighted by Crippen LogP contribution is 2.24. The maximum absolute atomic E-state index is 12.9. The van der Waals surface area contributed by atoms with Gasteiger partial charge in [0.25, 0.3) is 5.91 Å². The van der Waals surface area contributed by atoms with Crippen LogP contribution in [0.2, 0.25) is 0 Å². The molecule has 0 N–H and O–H groups in total. The minimum atomic E-state index is 0.122. The molecule has 2 aromatic heterocycles. The summed E-state index contributed by atoms with van der Waals surface area (Å²) in [5.41, 5.74) is 5.38. The van der Waals surface area contributed by atoms with Gasteiger partial charge in [-0.15, -0.1) is 0 Å². The quantitative estimate of drug-likeness (QED) is 0.529. The van der Waals surface area contributed by atoms with E-state index in [1.807, 2.05) is 35.6 Å². The predicted octanol–water partition coefficient (Wildman–Crippen LogP) is 4.42. The number of piperidine rings is 1. The first-order chi connectivity index (χ1) is 15.6. The van der Waals surface area contributed by atoms with Crippen LogP contribution < -0.4 is 0 Å². The van der Waals surface area contributed by atoms with Crippen LogP contribution in [-0.4, -0.2) is 38.7 Å². The first kappa shape index (κ1) is 22.2. The van der Waals surface area contributed by atoms with Gasteiger partial charge >= 0.3 is 0 Å². The summed E-state index contributed by atoms with van der Waals surface area (Å²) >= 11 is 0. The summed E-state index contributed by atoms with van der Waals surface area (Å²) in [4.78, 5) is 18.9. The lowest BCUT2D eigenvalue weighted by atomic mass is 9.89. The van der Waals surface area contributed by atoms with Gasteiger partial charge in [0.15, 0.2) is 0 Å². The van der Waals surface area contributed by atoms with Gasteiger partial charge in [0.1, 0.15) is 0 Å². The average Bonchev–Trinajstić information content (AvgIpc) is 3.21. The van der Waals surface area contributed by atoms with Gasteiger partial charge in [-0.25, -0.2) is 0 Å². The highest BCUT2D eigenvalue weighted by molar-refractivity contribution is 5.95. The number of hydrogen-bond donors (Lipinski definition) is 0. The number of ether oxygens (including phenoxy) is 1. The molecule has 1 saturated heterocycles. The molecule has 4 rings (SSSR count). The Balaban J connectivity index is 1.22. The minimum absolute atomic E-state index is 0.122. The summed E-state index contributed by atoms with van der Waals surface area (Å²) in [6.45, 7) is 7.66. The molecule has 1 fully saturated rings. The first-order valence-corrected chi connectivity index (χ1v) is 11.5. The standard InChI is InChI=1S/C26H32N4O2/c1-3-30-20(2)25(17-28-30)26(31)29-14-10-22(11-15-29)16-21-4-6-23(7-5-21)18-32-19-24-8-12-27-13-9-24/h4-9,12-13,17,22H,3,10-11,14-16,18-19H2,1-2H3.